The van der Waals surface area contributed by atoms with E-state index in [-0.39, 0.29) is 5.41 Å². The summed E-state index contributed by atoms with van der Waals surface area (Å²) in [6.45, 7) is 14.2. The van der Waals surface area contributed by atoms with Crippen molar-refractivity contribution >= 4 is 6.29 Å². The fourth-order valence-corrected chi connectivity index (χ4v) is 1.86. The van der Waals surface area contributed by atoms with Crippen LogP contribution in [0.2, 0.25) is 0 Å². The third-order valence-electron chi connectivity index (χ3n) is 2.90. The minimum Gasteiger partial charge on any atom is -0.488 e. The molecule has 1 aromatic rings. The Morgan fingerprint density at radius 2 is 1.89 bits per heavy atom. The summed E-state index contributed by atoms with van der Waals surface area (Å²) in [5, 5.41) is 0. The standard InChI is InChI=1S/C17H22O2/c1-6-8-13-10-15(17(3,4)5)11-14(12-18)16(13)19-9-7-2/h6-7,10-12H,1-2,8-9H2,3-5H3. The molecule has 0 aromatic heterocycles. The van der Waals surface area contributed by atoms with Gasteiger partial charge in [0.05, 0.1) is 5.56 Å². The first-order valence-electron chi connectivity index (χ1n) is 6.41. The Labute approximate surface area is 115 Å². The molecule has 2 heteroatoms. The van der Waals surface area contributed by atoms with E-state index in [4.69, 9.17) is 4.74 Å². The number of hydrogen-bond donors (Lipinski definition) is 0. The van der Waals surface area contributed by atoms with E-state index < -0.39 is 0 Å². The van der Waals surface area contributed by atoms with Gasteiger partial charge in [-0.15, -0.1) is 6.58 Å². The molecule has 0 saturated heterocycles. The summed E-state index contributed by atoms with van der Waals surface area (Å²) in [6, 6.07) is 3.99. The van der Waals surface area contributed by atoms with Crippen molar-refractivity contribution in [3.05, 3.63) is 54.1 Å². The van der Waals surface area contributed by atoms with Gasteiger partial charge in [-0.3, -0.25) is 4.79 Å². The number of benzene rings is 1. The van der Waals surface area contributed by atoms with Crippen LogP contribution >= 0.6 is 0 Å². The van der Waals surface area contributed by atoms with E-state index in [1.54, 1.807) is 6.08 Å². The van der Waals surface area contributed by atoms with E-state index in [0.717, 1.165) is 17.4 Å². The number of hydrogen-bond acceptors (Lipinski definition) is 2. The van der Waals surface area contributed by atoms with Gasteiger partial charge in [-0.2, -0.15) is 0 Å². The number of aldehydes is 1. The molecule has 1 aromatic carbocycles. The monoisotopic (exact) mass is 258 g/mol. The highest BCUT2D eigenvalue weighted by atomic mass is 16.5. The van der Waals surface area contributed by atoms with Gasteiger partial charge in [-0.05, 0) is 29.0 Å². The van der Waals surface area contributed by atoms with Crippen LogP contribution in [0.25, 0.3) is 0 Å². The van der Waals surface area contributed by atoms with Gasteiger partial charge in [0.1, 0.15) is 12.4 Å². The van der Waals surface area contributed by atoms with E-state index in [9.17, 15) is 4.79 Å². The Bertz CT molecular complexity index is 479. The van der Waals surface area contributed by atoms with Gasteiger partial charge in [-0.25, -0.2) is 0 Å². The highest BCUT2D eigenvalue weighted by Gasteiger charge is 2.19. The van der Waals surface area contributed by atoms with Crippen molar-refractivity contribution in [2.24, 2.45) is 0 Å². The molecule has 0 aliphatic heterocycles. The molecule has 0 unspecified atom stereocenters. The maximum atomic E-state index is 11.3. The lowest BCUT2D eigenvalue weighted by molar-refractivity contribution is 0.111. The van der Waals surface area contributed by atoms with Crippen LogP contribution in [0.4, 0.5) is 0 Å². The maximum Gasteiger partial charge on any atom is 0.153 e. The van der Waals surface area contributed by atoms with E-state index in [1.807, 2.05) is 12.1 Å². The van der Waals surface area contributed by atoms with Gasteiger partial charge in [-0.1, -0.05) is 45.6 Å². The van der Waals surface area contributed by atoms with E-state index >= 15 is 0 Å². The molecule has 0 radical (unpaired) electrons. The average Bonchev–Trinajstić information content (AvgIpc) is 2.35. The van der Waals surface area contributed by atoms with Crippen LogP contribution in [0.15, 0.2) is 37.4 Å². The molecule has 0 aliphatic carbocycles. The molecule has 1 rings (SSSR count). The average molecular weight is 258 g/mol. The van der Waals surface area contributed by atoms with Crippen molar-refractivity contribution in [3.8, 4) is 5.75 Å². The van der Waals surface area contributed by atoms with Crippen molar-refractivity contribution in [1.82, 2.24) is 0 Å². The van der Waals surface area contributed by atoms with Crippen LogP contribution < -0.4 is 4.74 Å². The lowest BCUT2D eigenvalue weighted by Gasteiger charge is -2.22. The summed E-state index contributed by atoms with van der Waals surface area (Å²) >= 11 is 0. The molecule has 0 spiro atoms. The SMILES string of the molecule is C=CCOc1c(C=O)cc(C(C)(C)C)cc1CC=C. The quantitative estimate of drug-likeness (QED) is 0.567. The third kappa shape index (κ3) is 3.82. The molecular weight excluding hydrogens is 236 g/mol. The Balaban J connectivity index is 3.38. The lowest BCUT2D eigenvalue weighted by Crippen LogP contribution is -2.13. The van der Waals surface area contributed by atoms with Crippen LogP contribution in [-0.4, -0.2) is 12.9 Å². The smallest absolute Gasteiger partial charge is 0.153 e. The molecule has 0 N–H and O–H groups in total. The minimum absolute atomic E-state index is 0.00928. The lowest BCUT2D eigenvalue weighted by atomic mass is 9.84. The predicted octanol–water partition coefficient (Wildman–Crippen LogP) is 4.09. The van der Waals surface area contributed by atoms with Gasteiger partial charge < -0.3 is 4.74 Å². The van der Waals surface area contributed by atoms with Crippen LogP contribution in [0.1, 0.15) is 42.3 Å². The van der Waals surface area contributed by atoms with Gasteiger partial charge in [0.25, 0.3) is 0 Å². The van der Waals surface area contributed by atoms with Crippen LogP contribution in [0, 0.1) is 0 Å². The Morgan fingerprint density at radius 3 is 2.37 bits per heavy atom. The maximum absolute atomic E-state index is 11.3. The first-order valence-corrected chi connectivity index (χ1v) is 6.41. The summed E-state index contributed by atoms with van der Waals surface area (Å²) in [5.41, 5.74) is 2.69. The first kappa shape index (κ1) is 15.2. The Hall–Kier alpha value is -1.83. The Kier molecular flexibility index (Phi) is 5.11. The van der Waals surface area contributed by atoms with Gasteiger partial charge in [0, 0.05) is 0 Å². The largest absolute Gasteiger partial charge is 0.488 e. The van der Waals surface area contributed by atoms with Gasteiger partial charge >= 0.3 is 0 Å². The molecule has 0 bridgehead atoms. The summed E-state index contributed by atoms with van der Waals surface area (Å²) in [5.74, 6) is 0.641. The molecule has 0 fully saturated rings. The second-order valence-corrected chi connectivity index (χ2v) is 5.51. The minimum atomic E-state index is -0.00928. The zero-order chi connectivity index (χ0) is 14.5. The fraction of sp³-hybridized carbons (Fsp3) is 0.353. The number of allylic oxidation sites excluding steroid dienone is 1. The second kappa shape index (κ2) is 6.37. The van der Waals surface area contributed by atoms with Crippen molar-refractivity contribution in [2.45, 2.75) is 32.6 Å². The first-order chi connectivity index (χ1) is 8.93. The van der Waals surface area contributed by atoms with Crippen LogP contribution in [0.5, 0.6) is 5.75 Å². The molecule has 0 atom stereocenters. The second-order valence-electron chi connectivity index (χ2n) is 5.51. The summed E-state index contributed by atoms with van der Waals surface area (Å²) in [4.78, 5) is 11.3. The molecule has 2 nitrogen and oxygen atoms in total. The summed E-state index contributed by atoms with van der Waals surface area (Å²) in [6.07, 6.45) is 5.01. The normalized spacial score (nSPS) is 10.9. The zero-order valence-corrected chi connectivity index (χ0v) is 12.0. The van der Waals surface area contributed by atoms with Crippen LogP contribution in [-0.2, 0) is 11.8 Å². The van der Waals surface area contributed by atoms with Crippen molar-refractivity contribution in [3.63, 3.8) is 0 Å². The third-order valence-corrected chi connectivity index (χ3v) is 2.90. The summed E-state index contributed by atoms with van der Waals surface area (Å²) in [7, 11) is 0. The highest BCUT2D eigenvalue weighted by Crippen LogP contribution is 2.31. The molecule has 0 aliphatic rings. The zero-order valence-electron chi connectivity index (χ0n) is 12.0. The summed E-state index contributed by atoms with van der Waals surface area (Å²) < 4.78 is 5.63. The Morgan fingerprint density at radius 1 is 1.21 bits per heavy atom. The van der Waals surface area contributed by atoms with Gasteiger partial charge in [0.15, 0.2) is 6.29 Å². The van der Waals surface area contributed by atoms with E-state index in [0.29, 0.717) is 24.3 Å². The van der Waals surface area contributed by atoms with Crippen molar-refractivity contribution in [2.75, 3.05) is 6.61 Å². The predicted molar refractivity (Wildman–Crippen MR) is 80.1 cm³/mol. The number of rotatable bonds is 6. The molecule has 0 amide bonds. The molecule has 19 heavy (non-hydrogen) atoms. The number of ether oxygens (including phenoxy) is 1. The van der Waals surface area contributed by atoms with E-state index in [2.05, 4.69) is 40.0 Å². The molecule has 0 saturated carbocycles. The van der Waals surface area contributed by atoms with E-state index in [1.165, 1.54) is 0 Å². The molecule has 0 heterocycles. The fourth-order valence-electron chi connectivity index (χ4n) is 1.86. The number of carbonyl (C=O) groups excluding carboxylic acids is 1. The number of carbonyl (C=O) groups is 1. The topological polar surface area (TPSA) is 26.3 Å². The van der Waals surface area contributed by atoms with Crippen LogP contribution in [0.3, 0.4) is 0 Å². The molecular formula is C17H22O2. The molecule has 102 valence electrons. The van der Waals surface area contributed by atoms with Gasteiger partial charge in [0.2, 0.25) is 0 Å². The highest BCUT2D eigenvalue weighted by molar-refractivity contribution is 5.81. The van der Waals surface area contributed by atoms with Crippen molar-refractivity contribution in [1.29, 1.82) is 0 Å². The van der Waals surface area contributed by atoms with Crippen molar-refractivity contribution < 1.29 is 9.53 Å².